The quantitative estimate of drug-likeness (QED) is 0.778. The van der Waals surface area contributed by atoms with Crippen molar-refractivity contribution in [3.8, 4) is 11.6 Å². The monoisotopic (exact) mass is 298 g/mol. The van der Waals surface area contributed by atoms with E-state index in [0.717, 1.165) is 5.56 Å². The second-order valence-corrected chi connectivity index (χ2v) is 4.71. The summed E-state index contributed by atoms with van der Waals surface area (Å²) in [5.74, 6) is 1.71. The first-order valence-corrected chi connectivity index (χ1v) is 6.80. The van der Waals surface area contributed by atoms with Crippen LogP contribution in [0.2, 0.25) is 0 Å². The van der Waals surface area contributed by atoms with Crippen molar-refractivity contribution >= 4 is 11.7 Å². The maximum absolute atomic E-state index is 11.9. The molecule has 0 unspecified atom stereocenters. The van der Waals surface area contributed by atoms with E-state index < -0.39 is 0 Å². The average Bonchev–Trinajstić information content (AvgIpc) is 3.18. The summed E-state index contributed by atoms with van der Waals surface area (Å²) in [5.41, 5.74) is 0.911. The number of nitrogens with zero attached hydrogens (tertiary/aromatic N) is 3. The number of amides is 1. The molecule has 0 fully saturated rings. The first-order chi connectivity index (χ1) is 10.7. The summed E-state index contributed by atoms with van der Waals surface area (Å²) >= 11 is 0. The molecule has 3 aromatic heterocycles. The van der Waals surface area contributed by atoms with E-state index in [4.69, 9.17) is 8.94 Å². The van der Waals surface area contributed by atoms with Crippen LogP contribution in [0.1, 0.15) is 17.9 Å². The molecule has 22 heavy (non-hydrogen) atoms. The molecule has 0 spiro atoms. The Labute approximate surface area is 126 Å². The molecule has 1 N–H and O–H groups in total. The number of hydrogen-bond donors (Lipinski definition) is 1. The predicted molar refractivity (Wildman–Crippen MR) is 77.9 cm³/mol. The summed E-state index contributed by atoms with van der Waals surface area (Å²) in [7, 11) is 0. The second kappa shape index (κ2) is 6.21. The Morgan fingerprint density at radius 1 is 1.32 bits per heavy atom. The van der Waals surface area contributed by atoms with Crippen LogP contribution in [0.15, 0.2) is 45.7 Å². The predicted octanol–water partition coefficient (Wildman–Crippen LogP) is 2.60. The van der Waals surface area contributed by atoms with Crippen LogP contribution < -0.4 is 5.32 Å². The van der Waals surface area contributed by atoms with Crippen LogP contribution in [-0.4, -0.2) is 21.0 Å². The van der Waals surface area contributed by atoms with E-state index in [1.165, 1.54) is 6.26 Å². The molecule has 0 atom stereocenters. The van der Waals surface area contributed by atoms with Gasteiger partial charge in [0.25, 0.3) is 0 Å². The molecule has 0 bridgehead atoms. The van der Waals surface area contributed by atoms with E-state index in [-0.39, 0.29) is 12.3 Å². The lowest BCUT2D eigenvalue weighted by Crippen LogP contribution is -2.14. The van der Waals surface area contributed by atoms with Gasteiger partial charge in [0.1, 0.15) is 5.82 Å². The molecule has 0 aliphatic carbocycles. The van der Waals surface area contributed by atoms with Crippen molar-refractivity contribution < 1.29 is 13.7 Å². The molecule has 3 rings (SSSR count). The van der Waals surface area contributed by atoms with Gasteiger partial charge < -0.3 is 14.3 Å². The molecular weight excluding hydrogens is 284 g/mol. The van der Waals surface area contributed by atoms with Crippen molar-refractivity contribution in [2.45, 2.75) is 19.8 Å². The highest BCUT2D eigenvalue weighted by Gasteiger charge is 2.13. The highest BCUT2D eigenvalue weighted by Crippen LogP contribution is 2.16. The van der Waals surface area contributed by atoms with Crippen LogP contribution in [0.25, 0.3) is 11.6 Å². The van der Waals surface area contributed by atoms with Gasteiger partial charge in [-0.25, -0.2) is 4.98 Å². The molecule has 7 heteroatoms. The summed E-state index contributed by atoms with van der Waals surface area (Å²) in [6.07, 6.45) is 3.76. The minimum Gasteiger partial charge on any atom is -0.461 e. The van der Waals surface area contributed by atoms with Gasteiger partial charge in [0.15, 0.2) is 5.76 Å². The standard InChI is InChI=1S/C15H14N4O3/c1-10-4-2-8-16-14(10)17-12(20)6-7-13-18-15(19-22-13)11-5-3-9-21-11/h2-5,8-9H,6-7H2,1H3,(H,16,17,20). The number of furan rings is 1. The van der Waals surface area contributed by atoms with Gasteiger partial charge in [-0.15, -0.1) is 0 Å². The molecule has 0 saturated heterocycles. The van der Waals surface area contributed by atoms with Crippen LogP contribution >= 0.6 is 0 Å². The van der Waals surface area contributed by atoms with E-state index in [2.05, 4.69) is 20.4 Å². The molecule has 0 saturated carbocycles. The van der Waals surface area contributed by atoms with Gasteiger partial charge in [0, 0.05) is 19.0 Å². The highest BCUT2D eigenvalue weighted by atomic mass is 16.5. The summed E-state index contributed by atoms with van der Waals surface area (Å²) < 4.78 is 10.3. The summed E-state index contributed by atoms with van der Waals surface area (Å²) in [6, 6.07) is 7.19. The van der Waals surface area contributed by atoms with Gasteiger partial charge >= 0.3 is 0 Å². The molecule has 0 aliphatic rings. The number of rotatable bonds is 5. The van der Waals surface area contributed by atoms with Crippen molar-refractivity contribution in [1.82, 2.24) is 15.1 Å². The first-order valence-electron chi connectivity index (χ1n) is 6.80. The Morgan fingerprint density at radius 2 is 2.23 bits per heavy atom. The Morgan fingerprint density at radius 3 is 3.00 bits per heavy atom. The SMILES string of the molecule is Cc1cccnc1NC(=O)CCc1nc(-c2ccco2)no1. The zero-order valence-electron chi connectivity index (χ0n) is 11.9. The number of carbonyl (C=O) groups is 1. The summed E-state index contributed by atoms with van der Waals surface area (Å²) in [5, 5.41) is 6.57. The van der Waals surface area contributed by atoms with Gasteiger partial charge in [-0.2, -0.15) is 4.98 Å². The molecule has 3 heterocycles. The van der Waals surface area contributed by atoms with Crippen LogP contribution in [0.3, 0.4) is 0 Å². The first kappa shape index (κ1) is 14.0. The molecule has 1 amide bonds. The third-order valence-electron chi connectivity index (χ3n) is 3.04. The topological polar surface area (TPSA) is 94.1 Å². The van der Waals surface area contributed by atoms with Gasteiger partial charge in [-0.05, 0) is 30.7 Å². The second-order valence-electron chi connectivity index (χ2n) is 4.71. The number of hydrogen-bond acceptors (Lipinski definition) is 6. The highest BCUT2D eigenvalue weighted by molar-refractivity contribution is 5.90. The van der Waals surface area contributed by atoms with E-state index in [1.807, 2.05) is 19.1 Å². The van der Waals surface area contributed by atoms with Crippen LogP contribution in [-0.2, 0) is 11.2 Å². The van der Waals surface area contributed by atoms with E-state index >= 15 is 0 Å². The number of aryl methyl sites for hydroxylation is 2. The zero-order valence-corrected chi connectivity index (χ0v) is 11.9. The zero-order chi connectivity index (χ0) is 15.4. The van der Waals surface area contributed by atoms with Crippen molar-refractivity contribution in [3.05, 3.63) is 48.2 Å². The Kier molecular flexibility index (Phi) is 3.95. The summed E-state index contributed by atoms with van der Waals surface area (Å²) in [4.78, 5) is 20.2. The van der Waals surface area contributed by atoms with Crippen LogP contribution in [0.4, 0.5) is 5.82 Å². The Bertz CT molecular complexity index is 765. The lowest BCUT2D eigenvalue weighted by atomic mass is 10.2. The third kappa shape index (κ3) is 3.20. The fourth-order valence-electron chi connectivity index (χ4n) is 1.89. The van der Waals surface area contributed by atoms with Crippen LogP contribution in [0, 0.1) is 6.92 Å². The number of carbonyl (C=O) groups excluding carboxylic acids is 1. The number of nitrogens with one attached hydrogen (secondary N) is 1. The molecule has 112 valence electrons. The average molecular weight is 298 g/mol. The minimum atomic E-state index is -0.153. The maximum Gasteiger partial charge on any atom is 0.238 e. The maximum atomic E-state index is 11.9. The molecule has 3 aromatic rings. The number of pyridine rings is 1. The third-order valence-corrected chi connectivity index (χ3v) is 3.04. The fourth-order valence-corrected chi connectivity index (χ4v) is 1.89. The van der Waals surface area contributed by atoms with E-state index in [9.17, 15) is 4.79 Å². The molecule has 7 nitrogen and oxygen atoms in total. The van der Waals surface area contributed by atoms with Gasteiger partial charge in [0.2, 0.25) is 17.6 Å². The van der Waals surface area contributed by atoms with Gasteiger partial charge in [-0.3, -0.25) is 4.79 Å². The lowest BCUT2D eigenvalue weighted by Gasteiger charge is -2.05. The van der Waals surface area contributed by atoms with Crippen LogP contribution in [0.5, 0.6) is 0 Å². The van der Waals surface area contributed by atoms with Crippen molar-refractivity contribution in [2.75, 3.05) is 5.32 Å². The molecule has 0 aromatic carbocycles. The molecule has 0 aliphatic heterocycles. The van der Waals surface area contributed by atoms with Crippen molar-refractivity contribution in [3.63, 3.8) is 0 Å². The lowest BCUT2D eigenvalue weighted by molar-refractivity contribution is -0.116. The normalized spacial score (nSPS) is 10.6. The number of aromatic nitrogens is 3. The van der Waals surface area contributed by atoms with Gasteiger partial charge in [-0.1, -0.05) is 11.2 Å². The Balaban J connectivity index is 1.56. The Hall–Kier alpha value is -2.96. The largest absolute Gasteiger partial charge is 0.461 e. The number of anilines is 1. The van der Waals surface area contributed by atoms with E-state index in [1.54, 1.807) is 18.3 Å². The summed E-state index contributed by atoms with van der Waals surface area (Å²) in [6.45, 7) is 1.89. The smallest absolute Gasteiger partial charge is 0.238 e. The van der Waals surface area contributed by atoms with Crippen molar-refractivity contribution in [1.29, 1.82) is 0 Å². The fraction of sp³-hybridized carbons (Fsp3) is 0.200. The van der Waals surface area contributed by atoms with E-state index in [0.29, 0.717) is 29.7 Å². The molecular formula is C15H14N4O3. The molecule has 0 radical (unpaired) electrons. The van der Waals surface area contributed by atoms with Gasteiger partial charge in [0.05, 0.1) is 6.26 Å². The minimum absolute atomic E-state index is 0.153. The van der Waals surface area contributed by atoms with Crippen molar-refractivity contribution in [2.24, 2.45) is 0 Å².